The van der Waals surface area contributed by atoms with Gasteiger partial charge in [-0.1, -0.05) is 18.2 Å². The summed E-state index contributed by atoms with van der Waals surface area (Å²) in [5, 5.41) is 1.64. The van der Waals surface area contributed by atoms with E-state index in [4.69, 9.17) is 4.74 Å². The number of likely N-dealkylation sites (N-methyl/N-ethyl adjacent to an activating group) is 1. The molecule has 1 aromatic heterocycles. The topological polar surface area (TPSA) is 101 Å². The van der Waals surface area contributed by atoms with Crippen molar-refractivity contribution in [2.45, 2.75) is 16.7 Å². The van der Waals surface area contributed by atoms with Crippen LogP contribution in [0, 0.1) is 0 Å². The van der Waals surface area contributed by atoms with Gasteiger partial charge in [0.2, 0.25) is 5.91 Å². The first kappa shape index (κ1) is 21.6. The van der Waals surface area contributed by atoms with Crippen molar-refractivity contribution < 1.29 is 26.4 Å². The molecule has 0 spiro atoms. The Labute approximate surface area is 174 Å². The zero-order valence-corrected chi connectivity index (χ0v) is 18.5. The van der Waals surface area contributed by atoms with Gasteiger partial charge in [0.05, 0.1) is 24.3 Å². The van der Waals surface area contributed by atoms with Gasteiger partial charge >= 0.3 is 0 Å². The Morgan fingerprint density at radius 2 is 1.97 bits per heavy atom. The summed E-state index contributed by atoms with van der Waals surface area (Å²) in [6.45, 7) is -0.465. The molecule has 1 aliphatic heterocycles. The zero-order chi connectivity index (χ0) is 21.2. The highest BCUT2D eigenvalue weighted by atomic mass is 32.2. The van der Waals surface area contributed by atoms with Gasteiger partial charge in [-0.25, -0.2) is 16.8 Å². The number of thiophene rings is 1. The molecular formula is C18H22N2O6S3. The second-order valence-corrected chi connectivity index (χ2v) is 11.9. The third-order valence-electron chi connectivity index (χ3n) is 4.82. The number of carbonyl (C=O) groups is 1. The average Bonchev–Trinajstić information content (AvgIpc) is 3.35. The van der Waals surface area contributed by atoms with Gasteiger partial charge in [0.25, 0.3) is 10.0 Å². The molecule has 0 N–H and O–H groups in total. The maximum Gasteiger partial charge on any atom is 0.274 e. The van der Waals surface area contributed by atoms with Gasteiger partial charge in [-0.05, 0) is 30.0 Å². The molecule has 0 aliphatic carbocycles. The van der Waals surface area contributed by atoms with Crippen molar-refractivity contribution in [2.75, 3.05) is 36.5 Å². The largest absolute Gasteiger partial charge is 0.495 e. The van der Waals surface area contributed by atoms with Crippen LogP contribution in [0.2, 0.25) is 0 Å². The van der Waals surface area contributed by atoms with Crippen LogP contribution in [-0.2, 0) is 24.7 Å². The maximum atomic E-state index is 13.3. The number of benzene rings is 1. The molecule has 1 amide bonds. The molecule has 2 aromatic rings. The molecule has 1 saturated heterocycles. The van der Waals surface area contributed by atoms with E-state index < -0.39 is 38.4 Å². The Bertz CT molecular complexity index is 1080. The van der Waals surface area contributed by atoms with E-state index in [1.165, 1.54) is 25.1 Å². The van der Waals surface area contributed by atoms with Crippen molar-refractivity contribution in [3.05, 3.63) is 41.8 Å². The van der Waals surface area contributed by atoms with Crippen LogP contribution in [0.4, 0.5) is 5.69 Å². The molecule has 1 aromatic carbocycles. The summed E-state index contributed by atoms with van der Waals surface area (Å²) in [5.74, 6) is -0.259. The second-order valence-electron chi connectivity index (χ2n) is 6.68. The highest BCUT2D eigenvalue weighted by molar-refractivity contribution is 7.94. The van der Waals surface area contributed by atoms with Crippen molar-refractivity contribution in [2.24, 2.45) is 0 Å². The first-order chi connectivity index (χ1) is 13.7. The van der Waals surface area contributed by atoms with Crippen LogP contribution in [0.15, 0.2) is 46.0 Å². The first-order valence-electron chi connectivity index (χ1n) is 8.81. The van der Waals surface area contributed by atoms with Crippen LogP contribution < -0.4 is 9.04 Å². The van der Waals surface area contributed by atoms with Gasteiger partial charge in [0.15, 0.2) is 9.84 Å². The normalized spacial score (nSPS) is 18.3. The van der Waals surface area contributed by atoms with E-state index in [-0.39, 0.29) is 21.4 Å². The van der Waals surface area contributed by atoms with Crippen LogP contribution in [-0.4, -0.2) is 65.9 Å². The summed E-state index contributed by atoms with van der Waals surface area (Å²) in [6.07, 6.45) is 0.344. The number of para-hydroxylation sites is 2. The Morgan fingerprint density at radius 3 is 2.55 bits per heavy atom. The van der Waals surface area contributed by atoms with Crippen LogP contribution in [0.3, 0.4) is 0 Å². The molecule has 1 atom stereocenters. The molecule has 0 radical (unpaired) electrons. The van der Waals surface area contributed by atoms with Gasteiger partial charge in [-0.2, -0.15) is 0 Å². The zero-order valence-electron chi connectivity index (χ0n) is 16.0. The van der Waals surface area contributed by atoms with Gasteiger partial charge in [-0.15, -0.1) is 11.3 Å². The summed E-state index contributed by atoms with van der Waals surface area (Å²) in [5.41, 5.74) is 0.240. The number of sulfone groups is 1. The highest BCUT2D eigenvalue weighted by Gasteiger charge is 2.36. The lowest BCUT2D eigenvalue weighted by Gasteiger charge is -2.29. The number of ether oxygens (including phenoxy) is 1. The molecule has 1 fully saturated rings. The number of carbonyl (C=O) groups excluding carboxylic acids is 1. The van der Waals surface area contributed by atoms with Crippen LogP contribution in [0.1, 0.15) is 6.42 Å². The smallest absolute Gasteiger partial charge is 0.274 e. The lowest BCUT2D eigenvalue weighted by molar-refractivity contribution is -0.129. The van der Waals surface area contributed by atoms with E-state index in [0.717, 1.165) is 15.6 Å². The van der Waals surface area contributed by atoms with E-state index >= 15 is 0 Å². The fourth-order valence-electron chi connectivity index (χ4n) is 3.17. The Kier molecular flexibility index (Phi) is 6.20. The Hall–Kier alpha value is -2.11. The first-order valence-corrected chi connectivity index (χ1v) is 12.9. The summed E-state index contributed by atoms with van der Waals surface area (Å²) >= 11 is 1.05. The Morgan fingerprint density at radius 1 is 1.24 bits per heavy atom. The summed E-state index contributed by atoms with van der Waals surface area (Å²) in [4.78, 5) is 14.3. The predicted octanol–water partition coefficient (Wildman–Crippen LogP) is 1.60. The monoisotopic (exact) mass is 458 g/mol. The molecule has 0 unspecified atom stereocenters. The summed E-state index contributed by atoms with van der Waals surface area (Å²) < 4.78 is 56.4. The van der Waals surface area contributed by atoms with Gasteiger partial charge in [0.1, 0.15) is 16.5 Å². The number of sulfonamides is 1. The number of anilines is 1. The lowest BCUT2D eigenvalue weighted by atomic mass is 10.2. The number of amides is 1. The number of methoxy groups -OCH3 is 1. The molecule has 0 bridgehead atoms. The molecule has 3 rings (SSSR count). The minimum atomic E-state index is -4.01. The van der Waals surface area contributed by atoms with E-state index in [1.54, 1.807) is 35.7 Å². The molecule has 0 saturated carbocycles. The van der Waals surface area contributed by atoms with Crippen LogP contribution in [0.5, 0.6) is 5.75 Å². The lowest BCUT2D eigenvalue weighted by Crippen LogP contribution is -2.45. The minimum absolute atomic E-state index is 0.0268. The SMILES string of the molecule is COc1ccccc1N(CC(=O)N(C)[C@H]1CCS(=O)(=O)C1)S(=O)(=O)c1cccs1. The molecule has 29 heavy (non-hydrogen) atoms. The number of hydrogen-bond acceptors (Lipinski definition) is 7. The molecule has 11 heteroatoms. The summed E-state index contributed by atoms with van der Waals surface area (Å²) in [6, 6.07) is 9.18. The maximum absolute atomic E-state index is 13.3. The van der Waals surface area contributed by atoms with E-state index in [1.807, 2.05) is 0 Å². The number of nitrogens with zero attached hydrogens (tertiary/aromatic N) is 2. The number of hydrogen-bond donors (Lipinski definition) is 0. The molecule has 1 aliphatic rings. The molecule has 8 nitrogen and oxygen atoms in total. The van der Waals surface area contributed by atoms with Crippen molar-refractivity contribution in [1.29, 1.82) is 0 Å². The van der Waals surface area contributed by atoms with E-state index in [9.17, 15) is 21.6 Å². The van der Waals surface area contributed by atoms with Crippen molar-refractivity contribution in [3.8, 4) is 5.75 Å². The van der Waals surface area contributed by atoms with Crippen LogP contribution >= 0.6 is 11.3 Å². The Balaban J connectivity index is 1.95. The fourth-order valence-corrected chi connectivity index (χ4v) is 7.48. The van der Waals surface area contributed by atoms with E-state index in [2.05, 4.69) is 0 Å². The standard InChI is InChI=1S/C18H22N2O6S3/c1-19(14-9-11-28(22,23)13-14)17(21)12-20(15-6-3-4-7-16(15)26-2)29(24,25)18-8-5-10-27-18/h3-8,10,14H,9,11-13H2,1-2H3/t14-/m0/s1. The minimum Gasteiger partial charge on any atom is -0.495 e. The molecular weight excluding hydrogens is 436 g/mol. The van der Waals surface area contributed by atoms with Gasteiger partial charge in [-0.3, -0.25) is 9.10 Å². The number of rotatable bonds is 7. The fraction of sp³-hybridized carbons (Fsp3) is 0.389. The van der Waals surface area contributed by atoms with Crippen LogP contribution in [0.25, 0.3) is 0 Å². The van der Waals surface area contributed by atoms with Crippen molar-refractivity contribution in [3.63, 3.8) is 0 Å². The third-order valence-corrected chi connectivity index (χ3v) is 9.70. The third kappa shape index (κ3) is 4.57. The molecule has 2 heterocycles. The highest BCUT2D eigenvalue weighted by Crippen LogP contribution is 2.33. The van der Waals surface area contributed by atoms with Gasteiger partial charge < -0.3 is 9.64 Å². The second kappa shape index (κ2) is 8.33. The summed E-state index contributed by atoms with van der Waals surface area (Å²) in [7, 11) is -4.26. The van der Waals surface area contributed by atoms with E-state index in [0.29, 0.717) is 12.2 Å². The predicted molar refractivity (Wildman–Crippen MR) is 112 cm³/mol. The van der Waals surface area contributed by atoms with Crippen molar-refractivity contribution in [1.82, 2.24) is 4.90 Å². The van der Waals surface area contributed by atoms with Gasteiger partial charge in [0, 0.05) is 13.1 Å². The molecule has 158 valence electrons. The average molecular weight is 459 g/mol. The quantitative estimate of drug-likeness (QED) is 0.625. The van der Waals surface area contributed by atoms with Crippen molar-refractivity contribution >= 4 is 42.8 Å².